The molecule has 1 N–H and O–H groups in total. The molecular weight excluding hydrogens is 340 g/mol. The molecule has 0 saturated carbocycles. The van der Waals surface area contributed by atoms with Crippen molar-refractivity contribution < 1.29 is 28.7 Å². The van der Waals surface area contributed by atoms with Crippen molar-refractivity contribution >= 4 is 23.5 Å². The van der Waals surface area contributed by atoms with Gasteiger partial charge in [0.15, 0.2) is 0 Å². The Bertz CT molecular complexity index is 532. The zero-order chi connectivity index (χ0) is 19.6. The Morgan fingerprint density at radius 2 is 1.54 bits per heavy atom. The first-order valence-corrected chi connectivity index (χ1v) is 8.71. The predicted octanol–water partition coefficient (Wildman–Crippen LogP) is 0.456. The van der Waals surface area contributed by atoms with Crippen LogP contribution in [0.5, 0.6) is 0 Å². The Morgan fingerprint density at radius 3 is 2.12 bits per heavy atom. The summed E-state index contributed by atoms with van der Waals surface area (Å²) in [6.07, 6.45) is 2.82. The number of ketones is 1. The lowest BCUT2D eigenvalue weighted by atomic mass is 9.89. The molecule has 0 aromatic heterocycles. The number of rotatable bonds is 12. The fraction of sp³-hybridized carbons (Fsp3) is 0.667. The van der Waals surface area contributed by atoms with Crippen molar-refractivity contribution in [3.8, 4) is 0 Å². The van der Waals surface area contributed by atoms with E-state index in [0.29, 0.717) is 39.4 Å². The maximum absolute atomic E-state index is 11.7. The van der Waals surface area contributed by atoms with E-state index in [0.717, 1.165) is 4.90 Å². The number of nitrogens with zero attached hydrogens (tertiary/aromatic N) is 1. The van der Waals surface area contributed by atoms with Crippen LogP contribution in [0.1, 0.15) is 33.6 Å². The third-order valence-corrected chi connectivity index (χ3v) is 3.71. The van der Waals surface area contributed by atoms with Crippen LogP contribution in [0.2, 0.25) is 0 Å². The topological polar surface area (TPSA) is 102 Å². The van der Waals surface area contributed by atoms with Crippen molar-refractivity contribution in [2.45, 2.75) is 33.6 Å². The van der Waals surface area contributed by atoms with Crippen LogP contribution in [0.3, 0.4) is 0 Å². The minimum Gasteiger partial charge on any atom is -0.379 e. The molecule has 0 unspecified atom stereocenters. The Morgan fingerprint density at radius 1 is 0.962 bits per heavy atom. The number of ether oxygens (including phenoxy) is 2. The number of imide groups is 1. The van der Waals surface area contributed by atoms with Crippen LogP contribution in [0.4, 0.5) is 0 Å². The summed E-state index contributed by atoms with van der Waals surface area (Å²) in [5, 5.41) is 2.65. The molecule has 0 bridgehead atoms. The normalized spacial score (nSPS) is 14.2. The molecule has 0 aromatic carbocycles. The molecule has 0 aromatic rings. The van der Waals surface area contributed by atoms with Gasteiger partial charge in [0.05, 0.1) is 26.4 Å². The van der Waals surface area contributed by atoms with Crippen molar-refractivity contribution in [2.24, 2.45) is 5.41 Å². The lowest BCUT2D eigenvalue weighted by Gasteiger charge is -2.16. The lowest BCUT2D eigenvalue weighted by Crippen LogP contribution is -2.35. The van der Waals surface area contributed by atoms with Crippen LogP contribution in [-0.4, -0.2) is 67.9 Å². The smallest absolute Gasteiger partial charge is 0.253 e. The zero-order valence-corrected chi connectivity index (χ0v) is 15.7. The van der Waals surface area contributed by atoms with Gasteiger partial charge >= 0.3 is 0 Å². The summed E-state index contributed by atoms with van der Waals surface area (Å²) in [5.74, 6) is -0.877. The van der Waals surface area contributed by atoms with Crippen molar-refractivity contribution in [1.82, 2.24) is 10.2 Å². The van der Waals surface area contributed by atoms with E-state index in [9.17, 15) is 19.2 Å². The summed E-state index contributed by atoms with van der Waals surface area (Å²) in [6, 6.07) is 0. The maximum Gasteiger partial charge on any atom is 0.253 e. The van der Waals surface area contributed by atoms with Gasteiger partial charge in [0.25, 0.3) is 11.8 Å². The van der Waals surface area contributed by atoms with Gasteiger partial charge < -0.3 is 14.8 Å². The van der Waals surface area contributed by atoms with Gasteiger partial charge in [-0.2, -0.15) is 0 Å². The number of Topliss-reactive ketones (excluding diaryl/α,β-unsaturated/α-hetero) is 1. The summed E-state index contributed by atoms with van der Waals surface area (Å²) in [7, 11) is 0. The number of amides is 3. The summed E-state index contributed by atoms with van der Waals surface area (Å²) in [6.45, 7) is 7.51. The molecule has 26 heavy (non-hydrogen) atoms. The van der Waals surface area contributed by atoms with Crippen LogP contribution < -0.4 is 5.32 Å². The molecule has 8 heteroatoms. The van der Waals surface area contributed by atoms with E-state index in [1.165, 1.54) is 12.2 Å². The van der Waals surface area contributed by atoms with E-state index in [2.05, 4.69) is 5.32 Å². The van der Waals surface area contributed by atoms with Crippen LogP contribution in [-0.2, 0) is 28.7 Å². The zero-order valence-electron chi connectivity index (χ0n) is 15.7. The fourth-order valence-corrected chi connectivity index (χ4v) is 2.08. The Labute approximate surface area is 153 Å². The van der Waals surface area contributed by atoms with Crippen LogP contribution in [0, 0.1) is 5.41 Å². The standard InChI is InChI=1S/C18H28N2O6/c1-18(2,3)14(21)7-10-25-12-13-26-11-8-19-15(22)6-9-20-16(23)4-5-17(20)24/h4-5H,6-13H2,1-3H3,(H,19,22). The highest BCUT2D eigenvalue weighted by Gasteiger charge is 2.23. The monoisotopic (exact) mass is 368 g/mol. The van der Waals surface area contributed by atoms with Gasteiger partial charge in [0.1, 0.15) is 5.78 Å². The molecule has 0 aliphatic carbocycles. The second kappa shape index (κ2) is 10.8. The molecular formula is C18H28N2O6. The summed E-state index contributed by atoms with van der Waals surface area (Å²) >= 11 is 0. The first-order valence-electron chi connectivity index (χ1n) is 8.71. The molecule has 0 spiro atoms. The number of hydrogen-bond acceptors (Lipinski definition) is 6. The molecule has 3 amide bonds. The fourth-order valence-electron chi connectivity index (χ4n) is 2.08. The molecule has 1 aliphatic heterocycles. The van der Waals surface area contributed by atoms with Crippen molar-refractivity contribution in [2.75, 3.05) is 39.5 Å². The highest BCUT2D eigenvalue weighted by Crippen LogP contribution is 2.16. The number of carbonyl (C=O) groups excluding carboxylic acids is 4. The number of hydrogen-bond donors (Lipinski definition) is 1. The average molecular weight is 368 g/mol. The molecule has 0 atom stereocenters. The minimum absolute atomic E-state index is 0.0596. The Kier molecular flexibility index (Phi) is 9.15. The van der Waals surface area contributed by atoms with Gasteiger partial charge in [0, 0.05) is 43.5 Å². The summed E-state index contributed by atoms with van der Waals surface area (Å²) < 4.78 is 10.7. The summed E-state index contributed by atoms with van der Waals surface area (Å²) in [5.41, 5.74) is -0.343. The third-order valence-electron chi connectivity index (χ3n) is 3.71. The molecule has 1 rings (SSSR count). The summed E-state index contributed by atoms with van der Waals surface area (Å²) in [4.78, 5) is 47.0. The van der Waals surface area contributed by atoms with Crippen molar-refractivity contribution in [3.05, 3.63) is 12.2 Å². The Balaban J connectivity index is 1.94. The minimum atomic E-state index is -0.393. The van der Waals surface area contributed by atoms with Crippen LogP contribution in [0.15, 0.2) is 12.2 Å². The quantitative estimate of drug-likeness (QED) is 0.397. The van der Waals surface area contributed by atoms with E-state index in [-0.39, 0.29) is 30.1 Å². The van der Waals surface area contributed by atoms with Crippen molar-refractivity contribution in [3.63, 3.8) is 0 Å². The second-order valence-electron chi connectivity index (χ2n) is 6.91. The molecule has 1 aliphatic rings. The molecule has 1 heterocycles. The highest BCUT2D eigenvalue weighted by atomic mass is 16.5. The largest absolute Gasteiger partial charge is 0.379 e. The van der Waals surface area contributed by atoms with Gasteiger partial charge in [-0.3, -0.25) is 24.1 Å². The lowest BCUT2D eigenvalue weighted by molar-refractivity contribution is -0.137. The van der Waals surface area contributed by atoms with Gasteiger partial charge in [0.2, 0.25) is 5.91 Å². The Hall–Kier alpha value is -2.06. The van der Waals surface area contributed by atoms with Crippen molar-refractivity contribution in [1.29, 1.82) is 0 Å². The van der Waals surface area contributed by atoms with E-state index >= 15 is 0 Å². The molecule has 146 valence electrons. The third kappa shape index (κ3) is 8.35. The molecule has 8 nitrogen and oxygen atoms in total. The highest BCUT2D eigenvalue weighted by molar-refractivity contribution is 6.13. The first kappa shape index (κ1) is 22.0. The average Bonchev–Trinajstić information content (AvgIpc) is 2.88. The first-order chi connectivity index (χ1) is 12.2. The van der Waals surface area contributed by atoms with Crippen LogP contribution >= 0.6 is 0 Å². The SMILES string of the molecule is CC(C)(C)C(=O)CCOCCOCCNC(=O)CCN1C(=O)C=CC1=O. The molecule has 0 fully saturated rings. The van der Waals surface area contributed by atoms with Gasteiger partial charge in [-0.15, -0.1) is 0 Å². The van der Waals surface area contributed by atoms with Crippen LogP contribution in [0.25, 0.3) is 0 Å². The predicted molar refractivity (Wildman–Crippen MR) is 94.2 cm³/mol. The van der Waals surface area contributed by atoms with Gasteiger partial charge in [-0.05, 0) is 0 Å². The number of nitrogens with one attached hydrogen (secondary N) is 1. The van der Waals surface area contributed by atoms with Gasteiger partial charge in [-0.1, -0.05) is 20.8 Å². The maximum atomic E-state index is 11.7. The van der Waals surface area contributed by atoms with E-state index in [1.54, 1.807) is 0 Å². The van der Waals surface area contributed by atoms with Gasteiger partial charge in [-0.25, -0.2) is 0 Å². The molecule has 0 saturated heterocycles. The van der Waals surface area contributed by atoms with E-state index in [1.807, 2.05) is 20.8 Å². The second-order valence-corrected chi connectivity index (χ2v) is 6.91. The van der Waals surface area contributed by atoms with E-state index < -0.39 is 11.8 Å². The molecule has 0 radical (unpaired) electrons. The van der Waals surface area contributed by atoms with E-state index in [4.69, 9.17) is 9.47 Å². The number of carbonyl (C=O) groups is 4.